The molecule has 5 nitrogen and oxygen atoms in total. The Morgan fingerprint density at radius 3 is 1.94 bits per heavy atom. The van der Waals surface area contributed by atoms with Gasteiger partial charge in [0.15, 0.2) is 0 Å². The van der Waals surface area contributed by atoms with Crippen LogP contribution in [0, 0.1) is 11.6 Å². The van der Waals surface area contributed by atoms with Crippen molar-refractivity contribution in [2.45, 2.75) is 6.04 Å². The highest BCUT2D eigenvalue weighted by molar-refractivity contribution is 5.96. The largest absolute Gasteiger partial charge is 0.335 e. The van der Waals surface area contributed by atoms with Gasteiger partial charge < -0.3 is 9.88 Å². The molecule has 1 fully saturated rings. The molecular weight excluding hydrogens is 436 g/mol. The molecule has 1 aromatic heterocycles. The van der Waals surface area contributed by atoms with Crippen molar-refractivity contribution in [1.82, 2.24) is 14.8 Å². The second-order valence-electron chi connectivity index (χ2n) is 8.43. The Morgan fingerprint density at radius 1 is 0.794 bits per heavy atom. The van der Waals surface area contributed by atoms with E-state index in [1.165, 1.54) is 24.3 Å². The maximum Gasteiger partial charge on any atom is 0.270 e. The Labute approximate surface area is 195 Å². The highest BCUT2D eigenvalue weighted by atomic mass is 19.1. The fourth-order valence-electron chi connectivity index (χ4n) is 4.58. The third kappa shape index (κ3) is 4.34. The standard InChI is InChI=1S/C27H23F2N3O2/c28-21-9-5-18(6-10-21)25(19-7-11-22(29)12-8-19)31-13-15-32(16-14-31)27(34)24-17-20-3-1-2-4-23(20)26(33)30-24/h1-12,17,25H,13-16H2,(H,30,33). The van der Waals surface area contributed by atoms with Crippen molar-refractivity contribution in [1.29, 1.82) is 0 Å². The molecule has 2 heterocycles. The number of carbonyl (C=O) groups excluding carboxylic acids is 1. The average Bonchev–Trinajstić information content (AvgIpc) is 2.86. The normalized spacial score (nSPS) is 14.6. The zero-order valence-electron chi connectivity index (χ0n) is 18.4. The minimum absolute atomic E-state index is 0.195. The van der Waals surface area contributed by atoms with Crippen LogP contribution in [0.2, 0.25) is 0 Å². The van der Waals surface area contributed by atoms with Crippen molar-refractivity contribution >= 4 is 16.7 Å². The number of pyridine rings is 1. The van der Waals surface area contributed by atoms with E-state index in [0.717, 1.165) is 16.5 Å². The zero-order chi connectivity index (χ0) is 23.7. The van der Waals surface area contributed by atoms with E-state index in [4.69, 9.17) is 0 Å². The molecule has 1 amide bonds. The Morgan fingerprint density at radius 2 is 1.35 bits per heavy atom. The van der Waals surface area contributed by atoms with Crippen LogP contribution in [0.25, 0.3) is 10.8 Å². The number of aromatic amines is 1. The maximum absolute atomic E-state index is 13.5. The molecule has 0 saturated carbocycles. The van der Waals surface area contributed by atoms with E-state index in [1.807, 2.05) is 12.1 Å². The lowest BCUT2D eigenvalue weighted by atomic mass is 9.96. The van der Waals surface area contributed by atoms with Gasteiger partial charge in [-0.2, -0.15) is 0 Å². The molecule has 7 heteroatoms. The van der Waals surface area contributed by atoms with Crippen LogP contribution in [0.5, 0.6) is 0 Å². The summed E-state index contributed by atoms with van der Waals surface area (Å²) < 4.78 is 27.1. The third-order valence-corrected chi connectivity index (χ3v) is 6.32. The molecule has 172 valence electrons. The number of rotatable bonds is 4. The van der Waals surface area contributed by atoms with Gasteiger partial charge in [-0.1, -0.05) is 42.5 Å². The minimum atomic E-state index is -0.318. The first-order valence-electron chi connectivity index (χ1n) is 11.2. The molecule has 1 aliphatic heterocycles. The number of carbonyl (C=O) groups is 1. The summed E-state index contributed by atoms with van der Waals surface area (Å²) >= 11 is 0. The Bertz CT molecular complexity index is 1330. The van der Waals surface area contributed by atoms with Gasteiger partial charge in [-0.05, 0) is 52.9 Å². The van der Waals surface area contributed by atoms with Gasteiger partial charge in [0.2, 0.25) is 0 Å². The third-order valence-electron chi connectivity index (χ3n) is 6.32. The molecule has 4 aromatic rings. The molecule has 1 aliphatic rings. The summed E-state index contributed by atoms with van der Waals surface area (Å²) in [6, 6.07) is 21.3. The van der Waals surface area contributed by atoms with E-state index in [1.54, 1.807) is 47.4 Å². The SMILES string of the molecule is O=C(c1cc2ccccc2c(=O)[nH]1)N1CCN(C(c2ccc(F)cc2)c2ccc(F)cc2)CC1. The number of halogens is 2. The molecule has 34 heavy (non-hydrogen) atoms. The summed E-state index contributed by atoms with van der Waals surface area (Å²) in [7, 11) is 0. The highest BCUT2D eigenvalue weighted by Gasteiger charge is 2.29. The fraction of sp³-hybridized carbons (Fsp3) is 0.185. The summed E-state index contributed by atoms with van der Waals surface area (Å²) in [5, 5.41) is 1.27. The maximum atomic E-state index is 13.5. The smallest absolute Gasteiger partial charge is 0.270 e. The predicted molar refractivity (Wildman–Crippen MR) is 127 cm³/mol. The van der Waals surface area contributed by atoms with E-state index in [9.17, 15) is 18.4 Å². The monoisotopic (exact) mass is 459 g/mol. The number of hydrogen-bond acceptors (Lipinski definition) is 3. The van der Waals surface area contributed by atoms with Gasteiger partial charge in [-0.15, -0.1) is 0 Å². The van der Waals surface area contributed by atoms with Crippen molar-refractivity contribution in [3.8, 4) is 0 Å². The van der Waals surface area contributed by atoms with E-state index >= 15 is 0 Å². The quantitative estimate of drug-likeness (QED) is 0.494. The van der Waals surface area contributed by atoms with Crippen LogP contribution < -0.4 is 5.56 Å². The number of benzene rings is 3. The van der Waals surface area contributed by atoms with Crippen LogP contribution in [-0.2, 0) is 0 Å². The number of nitrogens with zero attached hydrogens (tertiary/aromatic N) is 2. The lowest BCUT2D eigenvalue weighted by Crippen LogP contribution is -2.50. The van der Waals surface area contributed by atoms with Crippen LogP contribution in [0.4, 0.5) is 8.78 Å². The van der Waals surface area contributed by atoms with Crippen LogP contribution >= 0.6 is 0 Å². The molecule has 1 N–H and O–H groups in total. The van der Waals surface area contributed by atoms with E-state index < -0.39 is 0 Å². The Kier molecular flexibility index (Phi) is 5.94. The number of piperazine rings is 1. The van der Waals surface area contributed by atoms with Gasteiger partial charge >= 0.3 is 0 Å². The molecule has 0 bridgehead atoms. The van der Waals surface area contributed by atoms with Crippen molar-refractivity contribution < 1.29 is 13.6 Å². The molecule has 5 rings (SSSR count). The number of nitrogens with one attached hydrogen (secondary N) is 1. The molecule has 0 aliphatic carbocycles. The van der Waals surface area contributed by atoms with Crippen LogP contribution in [0.3, 0.4) is 0 Å². The first kappa shape index (κ1) is 22.0. The lowest BCUT2D eigenvalue weighted by Gasteiger charge is -2.39. The predicted octanol–water partition coefficient (Wildman–Crippen LogP) is 4.35. The fourth-order valence-corrected chi connectivity index (χ4v) is 4.58. The van der Waals surface area contributed by atoms with Crippen LogP contribution in [-0.4, -0.2) is 46.9 Å². The van der Waals surface area contributed by atoms with Gasteiger partial charge in [-0.25, -0.2) is 8.78 Å². The number of hydrogen-bond donors (Lipinski definition) is 1. The lowest BCUT2D eigenvalue weighted by molar-refractivity contribution is 0.0591. The summed E-state index contributed by atoms with van der Waals surface area (Å²) in [6.45, 7) is 2.07. The molecule has 0 atom stereocenters. The molecular formula is C27H23F2N3O2. The van der Waals surface area contributed by atoms with Gasteiger partial charge in [0, 0.05) is 31.6 Å². The molecule has 1 saturated heterocycles. The molecule has 0 unspecified atom stereocenters. The van der Waals surface area contributed by atoms with Crippen LogP contribution in [0.1, 0.15) is 27.7 Å². The second-order valence-corrected chi connectivity index (χ2v) is 8.43. The van der Waals surface area contributed by atoms with Crippen molar-refractivity contribution in [2.75, 3.05) is 26.2 Å². The Balaban J connectivity index is 1.37. The van der Waals surface area contributed by atoms with Crippen molar-refractivity contribution in [3.05, 3.63) is 118 Å². The summed E-state index contributed by atoms with van der Waals surface area (Å²) in [5.74, 6) is -0.856. The Hall–Kier alpha value is -3.84. The second kappa shape index (κ2) is 9.19. The average molecular weight is 459 g/mol. The molecule has 0 spiro atoms. The summed E-state index contributed by atoms with van der Waals surface area (Å²) in [5.41, 5.74) is 1.77. The first-order valence-corrected chi connectivity index (χ1v) is 11.2. The van der Waals surface area contributed by atoms with E-state index in [-0.39, 0.29) is 34.8 Å². The van der Waals surface area contributed by atoms with E-state index in [0.29, 0.717) is 31.6 Å². The highest BCUT2D eigenvalue weighted by Crippen LogP contribution is 2.30. The van der Waals surface area contributed by atoms with Crippen molar-refractivity contribution in [3.63, 3.8) is 0 Å². The van der Waals surface area contributed by atoms with Gasteiger partial charge in [0.1, 0.15) is 17.3 Å². The minimum Gasteiger partial charge on any atom is -0.335 e. The van der Waals surface area contributed by atoms with Crippen molar-refractivity contribution in [2.24, 2.45) is 0 Å². The van der Waals surface area contributed by atoms with E-state index in [2.05, 4.69) is 9.88 Å². The number of fused-ring (bicyclic) bond motifs is 1. The van der Waals surface area contributed by atoms with Crippen LogP contribution in [0.15, 0.2) is 83.7 Å². The number of aromatic nitrogens is 1. The number of amides is 1. The van der Waals surface area contributed by atoms with Gasteiger partial charge in [0.05, 0.1) is 6.04 Å². The first-order chi connectivity index (χ1) is 16.5. The molecule has 0 radical (unpaired) electrons. The van der Waals surface area contributed by atoms with Gasteiger partial charge in [-0.3, -0.25) is 14.5 Å². The topological polar surface area (TPSA) is 56.4 Å². The zero-order valence-corrected chi connectivity index (χ0v) is 18.4. The number of H-pyrrole nitrogens is 1. The summed E-state index contributed by atoms with van der Waals surface area (Å²) in [4.78, 5) is 32.2. The molecule has 3 aromatic carbocycles. The van der Waals surface area contributed by atoms with Gasteiger partial charge in [0.25, 0.3) is 11.5 Å². The summed E-state index contributed by atoms with van der Waals surface area (Å²) in [6.07, 6.45) is 0.